The van der Waals surface area contributed by atoms with Gasteiger partial charge in [0.2, 0.25) is 11.8 Å². The third kappa shape index (κ3) is 3.89. The molecule has 0 spiro atoms. The standard InChI is InChI=1S/C17H27N3O5/c1-2-24-16(23)20-9-7-19(8-10-20)15(22)17(5-6-17)14(21)18-12-13-4-3-11-25-13/h13H,2-12H2,1H3,(H,18,21). The highest BCUT2D eigenvalue weighted by molar-refractivity contribution is 6.07. The van der Waals surface area contributed by atoms with E-state index in [1.807, 2.05) is 0 Å². The molecule has 1 N–H and O–H groups in total. The van der Waals surface area contributed by atoms with Crippen molar-refractivity contribution in [2.24, 2.45) is 5.41 Å². The lowest BCUT2D eigenvalue weighted by atomic mass is 10.0. The first kappa shape index (κ1) is 18.0. The van der Waals surface area contributed by atoms with Gasteiger partial charge in [0, 0.05) is 39.3 Å². The van der Waals surface area contributed by atoms with Crippen LogP contribution in [0.15, 0.2) is 0 Å². The van der Waals surface area contributed by atoms with Crippen molar-refractivity contribution >= 4 is 17.9 Å². The van der Waals surface area contributed by atoms with Gasteiger partial charge >= 0.3 is 6.09 Å². The number of hydrogen-bond donors (Lipinski definition) is 1. The summed E-state index contributed by atoms with van der Waals surface area (Å²) >= 11 is 0. The van der Waals surface area contributed by atoms with Gasteiger partial charge in [0.1, 0.15) is 5.41 Å². The van der Waals surface area contributed by atoms with Crippen LogP contribution in [-0.4, -0.2) is 79.7 Å². The van der Waals surface area contributed by atoms with Crippen LogP contribution in [0.2, 0.25) is 0 Å². The van der Waals surface area contributed by atoms with Crippen LogP contribution >= 0.6 is 0 Å². The fourth-order valence-electron chi connectivity index (χ4n) is 3.45. The summed E-state index contributed by atoms with van der Waals surface area (Å²) in [5, 5.41) is 2.90. The Labute approximate surface area is 147 Å². The average Bonchev–Trinajstić information content (AvgIpc) is 3.28. The van der Waals surface area contributed by atoms with Crippen molar-refractivity contribution in [3.63, 3.8) is 0 Å². The van der Waals surface area contributed by atoms with E-state index in [2.05, 4.69) is 5.32 Å². The van der Waals surface area contributed by atoms with Crippen LogP contribution in [0.4, 0.5) is 4.79 Å². The molecule has 1 unspecified atom stereocenters. The fourth-order valence-corrected chi connectivity index (χ4v) is 3.45. The number of amides is 3. The summed E-state index contributed by atoms with van der Waals surface area (Å²) in [6, 6.07) is 0. The first-order valence-electron chi connectivity index (χ1n) is 9.18. The zero-order chi connectivity index (χ0) is 17.9. The Morgan fingerprint density at radius 3 is 2.40 bits per heavy atom. The van der Waals surface area contributed by atoms with E-state index in [4.69, 9.17) is 9.47 Å². The van der Waals surface area contributed by atoms with Crippen molar-refractivity contribution in [3.05, 3.63) is 0 Å². The van der Waals surface area contributed by atoms with Gasteiger partial charge in [0.05, 0.1) is 12.7 Å². The first-order valence-corrected chi connectivity index (χ1v) is 9.18. The molecule has 25 heavy (non-hydrogen) atoms. The van der Waals surface area contributed by atoms with Crippen molar-refractivity contribution in [3.8, 4) is 0 Å². The van der Waals surface area contributed by atoms with Gasteiger partial charge in [0.15, 0.2) is 0 Å². The molecule has 3 amide bonds. The monoisotopic (exact) mass is 353 g/mol. The van der Waals surface area contributed by atoms with E-state index >= 15 is 0 Å². The first-order chi connectivity index (χ1) is 12.1. The molecular weight excluding hydrogens is 326 g/mol. The molecule has 1 atom stereocenters. The second-order valence-corrected chi connectivity index (χ2v) is 6.91. The van der Waals surface area contributed by atoms with Crippen LogP contribution in [0, 0.1) is 5.41 Å². The molecule has 0 aromatic rings. The molecule has 1 aliphatic carbocycles. The highest BCUT2D eigenvalue weighted by atomic mass is 16.6. The molecule has 0 aromatic carbocycles. The van der Waals surface area contributed by atoms with Crippen LogP contribution in [0.1, 0.15) is 32.6 Å². The van der Waals surface area contributed by atoms with Crippen molar-refractivity contribution < 1.29 is 23.9 Å². The highest BCUT2D eigenvalue weighted by Crippen LogP contribution is 2.47. The summed E-state index contributed by atoms with van der Waals surface area (Å²) < 4.78 is 10.5. The molecule has 140 valence electrons. The minimum Gasteiger partial charge on any atom is -0.450 e. The molecule has 0 radical (unpaired) electrons. The van der Waals surface area contributed by atoms with Crippen molar-refractivity contribution in [1.82, 2.24) is 15.1 Å². The summed E-state index contributed by atoms with van der Waals surface area (Å²) in [6.45, 7) is 5.10. The number of piperazine rings is 1. The maximum Gasteiger partial charge on any atom is 0.409 e. The number of carbonyl (C=O) groups excluding carboxylic acids is 3. The normalized spacial score (nSPS) is 24.8. The van der Waals surface area contributed by atoms with E-state index in [0.717, 1.165) is 19.4 Å². The quantitative estimate of drug-likeness (QED) is 0.721. The van der Waals surface area contributed by atoms with Crippen LogP contribution < -0.4 is 5.32 Å². The summed E-state index contributed by atoms with van der Waals surface area (Å²) in [5.41, 5.74) is -0.898. The molecule has 0 aromatic heterocycles. The smallest absolute Gasteiger partial charge is 0.409 e. The zero-order valence-corrected chi connectivity index (χ0v) is 14.8. The van der Waals surface area contributed by atoms with E-state index < -0.39 is 5.41 Å². The SMILES string of the molecule is CCOC(=O)N1CCN(C(=O)C2(C(=O)NCC3CCCO3)CC2)CC1. The molecule has 1 saturated carbocycles. The number of nitrogens with one attached hydrogen (secondary N) is 1. The molecule has 2 aliphatic heterocycles. The van der Waals surface area contributed by atoms with Crippen LogP contribution in [-0.2, 0) is 19.1 Å². The Bertz CT molecular complexity index is 520. The van der Waals surface area contributed by atoms with Gasteiger partial charge in [0.25, 0.3) is 0 Å². The lowest BCUT2D eigenvalue weighted by Gasteiger charge is -2.35. The number of rotatable bonds is 5. The molecule has 2 saturated heterocycles. The molecule has 8 nitrogen and oxygen atoms in total. The third-order valence-electron chi connectivity index (χ3n) is 5.20. The maximum atomic E-state index is 12.8. The van der Waals surface area contributed by atoms with Crippen molar-refractivity contribution in [2.75, 3.05) is 45.9 Å². The molecule has 2 heterocycles. The second-order valence-electron chi connectivity index (χ2n) is 6.91. The Balaban J connectivity index is 1.48. The van der Waals surface area contributed by atoms with E-state index in [1.54, 1.807) is 16.7 Å². The molecule has 3 aliphatic rings. The van der Waals surface area contributed by atoms with E-state index in [0.29, 0.717) is 52.2 Å². The number of nitrogens with zero attached hydrogens (tertiary/aromatic N) is 2. The lowest BCUT2D eigenvalue weighted by molar-refractivity contribution is -0.145. The fraction of sp³-hybridized carbons (Fsp3) is 0.824. The van der Waals surface area contributed by atoms with Gasteiger partial charge < -0.3 is 24.6 Å². The minimum atomic E-state index is -0.898. The van der Waals surface area contributed by atoms with E-state index in [9.17, 15) is 14.4 Å². The van der Waals surface area contributed by atoms with Gasteiger partial charge in [-0.2, -0.15) is 0 Å². The van der Waals surface area contributed by atoms with Gasteiger partial charge in [-0.05, 0) is 32.6 Å². The maximum absolute atomic E-state index is 12.8. The van der Waals surface area contributed by atoms with Crippen molar-refractivity contribution in [1.29, 1.82) is 0 Å². The highest BCUT2D eigenvalue weighted by Gasteiger charge is 2.58. The summed E-state index contributed by atoms with van der Waals surface area (Å²) in [7, 11) is 0. The van der Waals surface area contributed by atoms with Gasteiger partial charge in [-0.25, -0.2) is 4.79 Å². The van der Waals surface area contributed by atoms with Gasteiger partial charge in [-0.1, -0.05) is 0 Å². The number of ether oxygens (including phenoxy) is 2. The van der Waals surface area contributed by atoms with Gasteiger partial charge in [-0.3, -0.25) is 9.59 Å². The Kier molecular flexibility index (Phi) is 5.46. The zero-order valence-electron chi connectivity index (χ0n) is 14.8. The second kappa shape index (κ2) is 7.59. The van der Waals surface area contributed by atoms with Gasteiger partial charge in [-0.15, -0.1) is 0 Å². The molecule has 0 bridgehead atoms. The average molecular weight is 353 g/mol. The summed E-state index contributed by atoms with van der Waals surface area (Å²) in [5.74, 6) is -0.290. The van der Waals surface area contributed by atoms with E-state index in [1.165, 1.54) is 0 Å². The Morgan fingerprint density at radius 2 is 1.84 bits per heavy atom. The molecule has 3 rings (SSSR count). The predicted molar refractivity (Wildman–Crippen MR) is 88.8 cm³/mol. The topological polar surface area (TPSA) is 88.2 Å². The molecule has 3 fully saturated rings. The summed E-state index contributed by atoms with van der Waals surface area (Å²) in [4.78, 5) is 40.4. The summed E-state index contributed by atoms with van der Waals surface area (Å²) in [6.07, 6.45) is 2.91. The minimum absolute atomic E-state index is 0.0722. The Hall–Kier alpha value is -1.83. The van der Waals surface area contributed by atoms with Crippen LogP contribution in [0.5, 0.6) is 0 Å². The Morgan fingerprint density at radius 1 is 1.16 bits per heavy atom. The largest absolute Gasteiger partial charge is 0.450 e. The molecule has 8 heteroatoms. The number of hydrogen-bond acceptors (Lipinski definition) is 5. The predicted octanol–water partition coefficient (Wildman–Crippen LogP) is 0.363. The lowest BCUT2D eigenvalue weighted by Crippen LogP contribution is -2.54. The van der Waals surface area contributed by atoms with Crippen LogP contribution in [0.25, 0.3) is 0 Å². The van der Waals surface area contributed by atoms with Crippen LogP contribution in [0.3, 0.4) is 0 Å². The third-order valence-corrected chi connectivity index (χ3v) is 5.20. The van der Waals surface area contributed by atoms with Crippen molar-refractivity contribution in [2.45, 2.75) is 38.7 Å². The number of carbonyl (C=O) groups is 3. The van der Waals surface area contributed by atoms with E-state index in [-0.39, 0.29) is 24.0 Å². The molecular formula is C17H27N3O5.